The molecular weight excluding hydrogens is 378 g/mol. The molecular formula is C17H26ClN3O4S. The number of sulfonamides is 1. The second kappa shape index (κ2) is 8.22. The van der Waals surface area contributed by atoms with Crippen molar-refractivity contribution in [2.24, 2.45) is 11.1 Å². The standard InChI is InChI=1S/C17H25N3O4S.ClH/c1-12-2-3-14(10-15(12)25(22,23)20-13-4-5-13)19-16(21)17(11-18)6-8-24-9-7-17;/h2-3,10,13,20H,4-9,11,18H2,1H3,(H,19,21);1H. The van der Waals surface area contributed by atoms with E-state index in [-0.39, 0.29) is 35.8 Å². The first-order valence-electron chi connectivity index (χ1n) is 8.59. The van der Waals surface area contributed by atoms with Gasteiger partial charge in [0.1, 0.15) is 0 Å². The zero-order valence-electron chi connectivity index (χ0n) is 14.8. The van der Waals surface area contributed by atoms with Crippen LogP contribution in [-0.2, 0) is 19.6 Å². The van der Waals surface area contributed by atoms with E-state index in [1.807, 2.05) is 0 Å². The Morgan fingerprint density at radius 3 is 2.54 bits per heavy atom. The Morgan fingerprint density at radius 1 is 1.31 bits per heavy atom. The minimum absolute atomic E-state index is 0. The Labute approximate surface area is 160 Å². The monoisotopic (exact) mass is 403 g/mol. The smallest absolute Gasteiger partial charge is 0.241 e. The van der Waals surface area contributed by atoms with Gasteiger partial charge >= 0.3 is 0 Å². The summed E-state index contributed by atoms with van der Waals surface area (Å²) in [5.74, 6) is -0.180. The van der Waals surface area contributed by atoms with Crippen LogP contribution in [0.25, 0.3) is 0 Å². The highest BCUT2D eigenvalue weighted by atomic mass is 35.5. The summed E-state index contributed by atoms with van der Waals surface area (Å²) in [5, 5.41) is 2.85. The highest BCUT2D eigenvalue weighted by molar-refractivity contribution is 7.89. The minimum Gasteiger partial charge on any atom is -0.381 e. The van der Waals surface area contributed by atoms with Crippen molar-refractivity contribution in [3.63, 3.8) is 0 Å². The fourth-order valence-electron chi connectivity index (χ4n) is 3.00. The number of carbonyl (C=O) groups excluding carboxylic acids is 1. The summed E-state index contributed by atoms with van der Waals surface area (Å²) >= 11 is 0. The average Bonchev–Trinajstić information content (AvgIpc) is 3.40. The van der Waals surface area contributed by atoms with Crippen molar-refractivity contribution in [2.45, 2.75) is 43.5 Å². The van der Waals surface area contributed by atoms with E-state index >= 15 is 0 Å². The van der Waals surface area contributed by atoms with E-state index in [4.69, 9.17) is 10.5 Å². The molecule has 0 bridgehead atoms. The highest BCUT2D eigenvalue weighted by Gasteiger charge is 2.39. The van der Waals surface area contributed by atoms with Crippen molar-refractivity contribution in [1.29, 1.82) is 0 Å². The molecule has 2 aliphatic rings. The molecule has 9 heteroatoms. The summed E-state index contributed by atoms with van der Waals surface area (Å²) in [4.78, 5) is 12.9. The SMILES string of the molecule is Cc1ccc(NC(=O)C2(CN)CCOCC2)cc1S(=O)(=O)NC1CC1.Cl. The first-order chi connectivity index (χ1) is 11.9. The molecule has 4 N–H and O–H groups in total. The lowest BCUT2D eigenvalue weighted by Gasteiger charge is -2.34. The number of nitrogens with two attached hydrogens (primary N) is 1. The second-order valence-electron chi connectivity index (χ2n) is 6.93. The fraction of sp³-hybridized carbons (Fsp3) is 0.588. The Kier molecular flexibility index (Phi) is 6.68. The normalized spacial score (nSPS) is 19.5. The topological polar surface area (TPSA) is 111 Å². The minimum atomic E-state index is -3.58. The number of ether oxygens (including phenoxy) is 1. The maximum atomic E-state index is 12.7. The summed E-state index contributed by atoms with van der Waals surface area (Å²) in [7, 11) is -3.58. The molecule has 26 heavy (non-hydrogen) atoms. The van der Waals surface area contributed by atoms with E-state index in [9.17, 15) is 13.2 Å². The van der Waals surface area contributed by atoms with Crippen molar-refractivity contribution in [2.75, 3.05) is 25.1 Å². The number of benzene rings is 1. The zero-order chi connectivity index (χ0) is 18.1. The van der Waals surface area contributed by atoms with Crippen LogP contribution in [0.2, 0.25) is 0 Å². The van der Waals surface area contributed by atoms with Gasteiger partial charge in [0.15, 0.2) is 0 Å². The van der Waals surface area contributed by atoms with Gasteiger partial charge < -0.3 is 15.8 Å². The van der Waals surface area contributed by atoms with E-state index in [0.717, 1.165) is 12.8 Å². The number of aryl methyl sites for hydroxylation is 1. The van der Waals surface area contributed by atoms with Crippen LogP contribution in [0.3, 0.4) is 0 Å². The van der Waals surface area contributed by atoms with Crippen LogP contribution in [-0.4, -0.2) is 40.1 Å². The number of amides is 1. The number of anilines is 1. The van der Waals surface area contributed by atoms with Gasteiger partial charge in [-0.1, -0.05) is 6.07 Å². The number of hydrogen-bond donors (Lipinski definition) is 3. The van der Waals surface area contributed by atoms with E-state index in [1.165, 1.54) is 6.07 Å². The second-order valence-corrected chi connectivity index (χ2v) is 8.61. The zero-order valence-corrected chi connectivity index (χ0v) is 16.4. The van der Waals surface area contributed by atoms with Gasteiger partial charge in [0.05, 0.1) is 10.3 Å². The third kappa shape index (κ3) is 4.55. The van der Waals surface area contributed by atoms with Crippen molar-refractivity contribution in [1.82, 2.24) is 4.72 Å². The van der Waals surface area contributed by atoms with Gasteiger partial charge in [-0.15, -0.1) is 12.4 Å². The maximum Gasteiger partial charge on any atom is 0.241 e. The summed E-state index contributed by atoms with van der Waals surface area (Å²) in [5.41, 5.74) is 6.31. The van der Waals surface area contributed by atoms with Gasteiger partial charge in [-0.3, -0.25) is 4.79 Å². The molecule has 0 unspecified atom stereocenters. The fourth-order valence-corrected chi connectivity index (χ4v) is 4.58. The van der Waals surface area contributed by atoms with E-state index in [0.29, 0.717) is 37.3 Å². The van der Waals surface area contributed by atoms with E-state index in [1.54, 1.807) is 19.1 Å². The molecule has 7 nitrogen and oxygen atoms in total. The van der Waals surface area contributed by atoms with Crippen LogP contribution in [0.5, 0.6) is 0 Å². The molecule has 3 rings (SSSR count). The Morgan fingerprint density at radius 2 is 1.96 bits per heavy atom. The summed E-state index contributed by atoms with van der Waals surface area (Å²) in [6.07, 6.45) is 2.87. The molecule has 1 saturated heterocycles. The third-order valence-corrected chi connectivity index (χ3v) is 6.62. The van der Waals surface area contributed by atoms with Crippen LogP contribution in [0, 0.1) is 12.3 Å². The molecule has 1 amide bonds. The van der Waals surface area contributed by atoms with Gasteiger partial charge in [-0.05, 0) is 50.3 Å². The highest BCUT2D eigenvalue weighted by Crippen LogP contribution is 2.32. The van der Waals surface area contributed by atoms with E-state index in [2.05, 4.69) is 10.0 Å². The third-order valence-electron chi connectivity index (χ3n) is 4.96. The Bertz CT molecular complexity index is 759. The lowest BCUT2D eigenvalue weighted by molar-refractivity contribution is -0.130. The quantitative estimate of drug-likeness (QED) is 0.667. The van der Waals surface area contributed by atoms with Gasteiger partial charge in [-0.2, -0.15) is 0 Å². The molecule has 1 aromatic carbocycles. The lowest BCUT2D eigenvalue weighted by Crippen LogP contribution is -2.46. The predicted octanol–water partition coefficient (Wildman–Crippen LogP) is 1.55. The van der Waals surface area contributed by atoms with Crippen LogP contribution < -0.4 is 15.8 Å². The van der Waals surface area contributed by atoms with E-state index < -0.39 is 15.4 Å². The first-order valence-corrected chi connectivity index (χ1v) is 10.1. The lowest BCUT2D eigenvalue weighted by atomic mass is 9.79. The molecule has 1 aliphatic heterocycles. The molecule has 1 saturated carbocycles. The Balaban J connectivity index is 0.00000243. The van der Waals surface area contributed by atoms with Gasteiger partial charge in [0.2, 0.25) is 15.9 Å². The first kappa shape index (κ1) is 21.1. The number of carbonyl (C=O) groups is 1. The van der Waals surface area contributed by atoms with Crippen LogP contribution in [0.1, 0.15) is 31.2 Å². The van der Waals surface area contributed by atoms with Gasteiger partial charge in [0.25, 0.3) is 0 Å². The molecule has 1 heterocycles. The average molecular weight is 404 g/mol. The molecule has 0 radical (unpaired) electrons. The molecule has 0 aromatic heterocycles. The molecule has 1 aliphatic carbocycles. The number of nitrogens with one attached hydrogen (secondary N) is 2. The Hall–Kier alpha value is -1.19. The summed E-state index contributed by atoms with van der Waals surface area (Å²) in [6.45, 7) is 2.99. The summed E-state index contributed by atoms with van der Waals surface area (Å²) < 4.78 is 33.0. The largest absolute Gasteiger partial charge is 0.381 e. The van der Waals surface area contributed by atoms with Crippen molar-refractivity contribution >= 4 is 34.0 Å². The number of rotatable bonds is 6. The van der Waals surface area contributed by atoms with Gasteiger partial charge in [-0.25, -0.2) is 13.1 Å². The predicted molar refractivity (Wildman–Crippen MR) is 102 cm³/mol. The molecule has 1 aromatic rings. The molecule has 0 atom stereocenters. The maximum absolute atomic E-state index is 12.7. The number of hydrogen-bond acceptors (Lipinski definition) is 5. The molecule has 146 valence electrons. The van der Waals surface area contributed by atoms with Crippen LogP contribution in [0.15, 0.2) is 23.1 Å². The van der Waals surface area contributed by atoms with Crippen molar-refractivity contribution < 1.29 is 17.9 Å². The van der Waals surface area contributed by atoms with Crippen LogP contribution >= 0.6 is 12.4 Å². The number of halogens is 1. The van der Waals surface area contributed by atoms with Crippen LogP contribution in [0.4, 0.5) is 5.69 Å². The molecule has 2 fully saturated rings. The molecule has 0 spiro atoms. The van der Waals surface area contributed by atoms with Crippen molar-refractivity contribution in [3.8, 4) is 0 Å². The van der Waals surface area contributed by atoms with Crippen molar-refractivity contribution in [3.05, 3.63) is 23.8 Å². The summed E-state index contributed by atoms with van der Waals surface area (Å²) in [6, 6.07) is 4.97. The van der Waals surface area contributed by atoms with Gasteiger partial charge in [0, 0.05) is 31.5 Å².